The standard InChI is InChI=1S/C12H24F2N2O2S/c1-3-8-16(19(17,18)11(13)14)12(9-15)6-4-10(2)5-7-12/h10-11H,3-9,15H2,1-2H3. The fraction of sp³-hybridized carbons (Fsp3) is 1.00. The smallest absolute Gasteiger partial charge is 0.329 e. The third-order valence-corrected chi connectivity index (χ3v) is 5.71. The van der Waals surface area contributed by atoms with Crippen LogP contribution in [0.15, 0.2) is 0 Å². The molecule has 0 aliphatic heterocycles. The van der Waals surface area contributed by atoms with Crippen molar-refractivity contribution in [1.82, 2.24) is 4.31 Å². The van der Waals surface area contributed by atoms with E-state index in [1.807, 2.05) is 0 Å². The molecule has 0 radical (unpaired) electrons. The minimum absolute atomic E-state index is 0.103. The average Bonchev–Trinajstić information content (AvgIpc) is 2.37. The molecule has 1 saturated carbocycles. The van der Waals surface area contributed by atoms with Crippen LogP contribution in [0.3, 0.4) is 0 Å². The monoisotopic (exact) mass is 298 g/mol. The highest BCUT2D eigenvalue weighted by molar-refractivity contribution is 7.89. The molecule has 0 spiro atoms. The summed E-state index contributed by atoms with van der Waals surface area (Å²) in [5.74, 6) is -2.88. The van der Waals surface area contributed by atoms with Gasteiger partial charge >= 0.3 is 5.76 Å². The minimum Gasteiger partial charge on any atom is -0.329 e. The van der Waals surface area contributed by atoms with Crippen molar-refractivity contribution in [1.29, 1.82) is 0 Å². The van der Waals surface area contributed by atoms with E-state index < -0.39 is 21.3 Å². The van der Waals surface area contributed by atoms with Gasteiger partial charge in [0, 0.05) is 18.6 Å². The van der Waals surface area contributed by atoms with Gasteiger partial charge in [-0.1, -0.05) is 13.8 Å². The molecule has 7 heteroatoms. The lowest BCUT2D eigenvalue weighted by molar-refractivity contribution is 0.104. The molecule has 0 aromatic carbocycles. The Morgan fingerprint density at radius 2 is 1.89 bits per heavy atom. The molecular weight excluding hydrogens is 274 g/mol. The van der Waals surface area contributed by atoms with Crippen LogP contribution in [0.4, 0.5) is 8.78 Å². The van der Waals surface area contributed by atoms with Crippen molar-refractivity contribution in [3.8, 4) is 0 Å². The number of hydrogen-bond donors (Lipinski definition) is 1. The molecule has 0 atom stereocenters. The third-order valence-electron chi connectivity index (χ3n) is 4.07. The largest absolute Gasteiger partial charge is 0.350 e. The highest BCUT2D eigenvalue weighted by Gasteiger charge is 2.46. The fourth-order valence-electron chi connectivity index (χ4n) is 2.79. The van der Waals surface area contributed by atoms with E-state index in [0.29, 0.717) is 25.2 Å². The maximum Gasteiger partial charge on any atom is 0.350 e. The molecule has 1 aliphatic carbocycles. The highest BCUT2D eigenvalue weighted by Crippen LogP contribution is 2.38. The van der Waals surface area contributed by atoms with E-state index in [1.165, 1.54) is 0 Å². The summed E-state index contributed by atoms with van der Waals surface area (Å²) >= 11 is 0. The molecule has 0 aromatic heterocycles. The molecule has 0 saturated heterocycles. The van der Waals surface area contributed by atoms with Crippen molar-refractivity contribution in [3.05, 3.63) is 0 Å². The van der Waals surface area contributed by atoms with E-state index in [9.17, 15) is 17.2 Å². The minimum atomic E-state index is -4.57. The molecule has 0 unspecified atom stereocenters. The van der Waals surface area contributed by atoms with E-state index >= 15 is 0 Å². The Morgan fingerprint density at radius 1 is 1.37 bits per heavy atom. The molecule has 0 heterocycles. The molecule has 4 nitrogen and oxygen atoms in total. The summed E-state index contributed by atoms with van der Waals surface area (Å²) in [6.45, 7) is 4.08. The van der Waals surface area contributed by atoms with Gasteiger partial charge in [-0.05, 0) is 38.0 Å². The maximum atomic E-state index is 12.9. The van der Waals surface area contributed by atoms with Crippen molar-refractivity contribution in [2.75, 3.05) is 13.1 Å². The van der Waals surface area contributed by atoms with Crippen LogP contribution in [0.25, 0.3) is 0 Å². The second-order valence-corrected chi connectivity index (χ2v) is 7.32. The van der Waals surface area contributed by atoms with E-state index in [1.54, 1.807) is 6.92 Å². The molecular formula is C12H24F2N2O2S. The zero-order chi connectivity index (χ0) is 14.7. The average molecular weight is 298 g/mol. The van der Waals surface area contributed by atoms with E-state index in [4.69, 9.17) is 5.73 Å². The summed E-state index contributed by atoms with van der Waals surface area (Å²) in [6, 6.07) is 0. The normalized spacial score (nSPS) is 29.1. The number of rotatable bonds is 6. The SMILES string of the molecule is CCCN(C1(CN)CCC(C)CC1)S(=O)(=O)C(F)F. The second kappa shape index (κ2) is 6.45. The number of halogens is 2. The fourth-order valence-corrected chi connectivity index (χ4v) is 4.21. The Hall–Kier alpha value is -0.270. The van der Waals surface area contributed by atoms with Gasteiger partial charge in [-0.15, -0.1) is 0 Å². The summed E-state index contributed by atoms with van der Waals surface area (Å²) in [5.41, 5.74) is 4.94. The topological polar surface area (TPSA) is 63.4 Å². The van der Waals surface area contributed by atoms with Gasteiger partial charge in [0.15, 0.2) is 0 Å². The lowest BCUT2D eigenvalue weighted by Gasteiger charge is -2.46. The second-order valence-electron chi connectivity index (χ2n) is 5.49. The Balaban J connectivity index is 3.08. The molecule has 0 amide bonds. The van der Waals surface area contributed by atoms with Crippen LogP contribution in [0.1, 0.15) is 46.0 Å². The number of nitrogens with two attached hydrogens (primary N) is 1. The van der Waals surface area contributed by atoms with E-state index in [-0.39, 0.29) is 13.1 Å². The molecule has 19 heavy (non-hydrogen) atoms. The predicted molar refractivity (Wildman–Crippen MR) is 71.3 cm³/mol. The van der Waals surface area contributed by atoms with Crippen LogP contribution >= 0.6 is 0 Å². The van der Waals surface area contributed by atoms with Crippen LogP contribution in [0.2, 0.25) is 0 Å². The van der Waals surface area contributed by atoms with Gasteiger partial charge in [-0.3, -0.25) is 0 Å². The van der Waals surface area contributed by atoms with Crippen LogP contribution in [0.5, 0.6) is 0 Å². The summed E-state index contributed by atoms with van der Waals surface area (Å²) in [7, 11) is -4.57. The van der Waals surface area contributed by atoms with Gasteiger partial charge in [0.05, 0.1) is 0 Å². The molecule has 1 aliphatic rings. The highest BCUT2D eigenvalue weighted by atomic mass is 32.2. The lowest BCUT2D eigenvalue weighted by atomic mass is 9.77. The van der Waals surface area contributed by atoms with Crippen LogP contribution in [0, 0.1) is 5.92 Å². The van der Waals surface area contributed by atoms with Gasteiger partial charge in [-0.2, -0.15) is 13.1 Å². The maximum absolute atomic E-state index is 12.9. The molecule has 114 valence electrons. The van der Waals surface area contributed by atoms with Crippen molar-refractivity contribution in [3.63, 3.8) is 0 Å². The quantitative estimate of drug-likeness (QED) is 0.817. The number of nitrogens with zero attached hydrogens (tertiary/aromatic N) is 1. The number of hydrogen-bond acceptors (Lipinski definition) is 3. The first-order chi connectivity index (χ1) is 8.80. The zero-order valence-corrected chi connectivity index (χ0v) is 12.4. The summed E-state index contributed by atoms with van der Waals surface area (Å²) in [6.07, 6.45) is 3.29. The zero-order valence-electron chi connectivity index (χ0n) is 11.6. The summed E-state index contributed by atoms with van der Waals surface area (Å²) in [4.78, 5) is 0. The van der Waals surface area contributed by atoms with Gasteiger partial charge in [0.1, 0.15) is 0 Å². The van der Waals surface area contributed by atoms with Crippen LogP contribution < -0.4 is 5.73 Å². The summed E-state index contributed by atoms with van der Waals surface area (Å²) in [5, 5.41) is 0. The van der Waals surface area contributed by atoms with Gasteiger partial charge in [0.2, 0.25) is 0 Å². The van der Waals surface area contributed by atoms with Crippen molar-refractivity contribution < 1.29 is 17.2 Å². The van der Waals surface area contributed by atoms with Crippen LogP contribution in [-0.2, 0) is 10.0 Å². The van der Waals surface area contributed by atoms with Crippen LogP contribution in [-0.4, -0.2) is 37.1 Å². The lowest BCUT2D eigenvalue weighted by Crippen LogP contribution is -2.59. The predicted octanol–water partition coefficient (Wildman–Crippen LogP) is 2.16. The van der Waals surface area contributed by atoms with Crippen molar-refractivity contribution >= 4 is 10.0 Å². The first-order valence-corrected chi connectivity index (χ1v) is 8.30. The number of sulfonamides is 1. The third kappa shape index (κ3) is 3.44. The van der Waals surface area contributed by atoms with Gasteiger partial charge < -0.3 is 5.73 Å². The van der Waals surface area contributed by atoms with Crippen molar-refractivity contribution in [2.24, 2.45) is 11.7 Å². The molecule has 2 N–H and O–H groups in total. The van der Waals surface area contributed by atoms with E-state index in [2.05, 4.69) is 6.92 Å². The van der Waals surface area contributed by atoms with Gasteiger partial charge in [0.25, 0.3) is 10.0 Å². The molecule has 1 fully saturated rings. The Morgan fingerprint density at radius 3 is 2.26 bits per heavy atom. The first kappa shape index (κ1) is 16.8. The first-order valence-electron chi connectivity index (χ1n) is 6.80. The Labute approximate surface area is 114 Å². The van der Waals surface area contributed by atoms with Gasteiger partial charge in [-0.25, -0.2) is 8.42 Å². The number of alkyl halides is 2. The Kier molecular flexibility index (Phi) is 5.70. The molecule has 0 bridgehead atoms. The molecule has 1 rings (SSSR count). The van der Waals surface area contributed by atoms with E-state index in [0.717, 1.165) is 17.1 Å². The Bertz CT molecular complexity index is 379. The van der Waals surface area contributed by atoms with Crippen molar-refractivity contribution in [2.45, 2.75) is 57.2 Å². The summed E-state index contributed by atoms with van der Waals surface area (Å²) < 4.78 is 50.5. The molecule has 0 aromatic rings.